The van der Waals surface area contributed by atoms with Crippen molar-refractivity contribution in [2.45, 2.75) is 6.54 Å². The maximum Gasteiger partial charge on any atom is 0.337 e. The number of carbonyl (C=O) groups is 1. The number of H-pyrrole nitrogens is 1. The van der Waals surface area contributed by atoms with Crippen LogP contribution in [0.4, 0.5) is 0 Å². The number of aryl methyl sites for hydroxylation is 1. The monoisotopic (exact) mass is 268 g/mol. The molecule has 18 heavy (non-hydrogen) atoms. The summed E-state index contributed by atoms with van der Waals surface area (Å²) in [6, 6.07) is 4.66. The van der Waals surface area contributed by atoms with Crippen LogP contribution in [0.1, 0.15) is 10.4 Å². The van der Waals surface area contributed by atoms with Gasteiger partial charge in [-0.2, -0.15) is 0 Å². The summed E-state index contributed by atoms with van der Waals surface area (Å²) < 4.78 is 12.4. The number of carboxylic acid groups (broad SMARTS) is 1. The lowest BCUT2D eigenvalue weighted by Crippen LogP contribution is -2.20. The number of carboxylic acids is 1. The second-order valence-electron chi connectivity index (χ2n) is 3.87. The predicted octanol–water partition coefficient (Wildman–Crippen LogP) is 0.406. The van der Waals surface area contributed by atoms with Gasteiger partial charge < -0.3 is 10.1 Å². The number of aromatic nitrogens is 2. The number of nitrogens with zero attached hydrogens (tertiary/aromatic N) is 1. The molecule has 2 rings (SSSR count). The van der Waals surface area contributed by atoms with E-state index < -0.39 is 16.8 Å². The fraction of sp³-hybridized carbons (Fsp3) is 0.273. The molecule has 0 saturated heterocycles. The average Bonchev–Trinajstić information content (AvgIpc) is 2.61. The van der Waals surface area contributed by atoms with Gasteiger partial charge in [-0.15, -0.1) is 0 Å². The Labute approximate surface area is 105 Å². The fourth-order valence-corrected chi connectivity index (χ4v) is 2.26. The molecule has 0 amide bonds. The van der Waals surface area contributed by atoms with Crippen molar-refractivity contribution in [1.82, 2.24) is 9.55 Å². The molecule has 1 unspecified atom stereocenters. The first-order valence-electron chi connectivity index (χ1n) is 5.25. The smallest absolute Gasteiger partial charge is 0.337 e. The molecule has 0 aliphatic carbocycles. The Bertz CT molecular complexity index is 686. The molecule has 0 fully saturated rings. The van der Waals surface area contributed by atoms with Crippen molar-refractivity contribution < 1.29 is 14.1 Å². The van der Waals surface area contributed by atoms with E-state index in [0.717, 1.165) is 0 Å². The van der Waals surface area contributed by atoms with Gasteiger partial charge in [0, 0.05) is 29.4 Å². The van der Waals surface area contributed by atoms with Crippen LogP contribution in [0.2, 0.25) is 0 Å². The summed E-state index contributed by atoms with van der Waals surface area (Å²) in [5.41, 5.74) is 0.499. The number of nitrogens with one attached hydrogen (secondary N) is 1. The molecular weight excluding hydrogens is 256 g/mol. The van der Waals surface area contributed by atoms with Crippen LogP contribution in [0.5, 0.6) is 0 Å². The number of hydrogen-bond acceptors (Lipinski definition) is 3. The normalized spacial score (nSPS) is 12.7. The minimum atomic E-state index is -1.09. The SMILES string of the molecule is CS(=O)CCn1c(=O)[nH]c2cccc(C(=O)O)c21. The third kappa shape index (κ3) is 2.21. The Kier molecular flexibility index (Phi) is 3.33. The van der Waals surface area contributed by atoms with E-state index in [2.05, 4.69) is 4.98 Å². The lowest BCUT2D eigenvalue weighted by atomic mass is 10.2. The first-order chi connectivity index (χ1) is 8.50. The molecule has 1 aromatic heterocycles. The molecule has 7 heteroatoms. The van der Waals surface area contributed by atoms with Crippen LogP contribution in [0.25, 0.3) is 11.0 Å². The highest BCUT2D eigenvalue weighted by molar-refractivity contribution is 7.84. The molecule has 1 atom stereocenters. The second-order valence-corrected chi connectivity index (χ2v) is 5.42. The van der Waals surface area contributed by atoms with Crippen LogP contribution in [0, 0.1) is 0 Å². The van der Waals surface area contributed by atoms with Gasteiger partial charge in [0.2, 0.25) is 0 Å². The minimum absolute atomic E-state index is 0.0627. The van der Waals surface area contributed by atoms with Crippen LogP contribution in [-0.4, -0.2) is 36.8 Å². The lowest BCUT2D eigenvalue weighted by Gasteiger charge is -2.04. The van der Waals surface area contributed by atoms with Gasteiger partial charge in [-0.3, -0.25) is 8.78 Å². The van der Waals surface area contributed by atoms with Gasteiger partial charge in [-0.25, -0.2) is 9.59 Å². The number of aromatic amines is 1. The predicted molar refractivity (Wildman–Crippen MR) is 68.5 cm³/mol. The summed E-state index contributed by atoms with van der Waals surface area (Å²) >= 11 is 0. The molecule has 2 aromatic rings. The van der Waals surface area contributed by atoms with Gasteiger partial charge in [0.05, 0.1) is 16.6 Å². The Morgan fingerprint density at radius 2 is 2.22 bits per heavy atom. The zero-order chi connectivity index (χ0) is 13.3. The van der Waals surface area contributed by atoms with E-state index in [4.69, 9.17) is 5.11 Å². The van der Waals surface area contributed by atoms with E-state index in [1.165, 1.54) is 16.9 Å². The van der Waals surface area contributed by atoms with Crippen molar-refractivity contribution in [3.63, 3.8) is 0 Å². The summed E-state index contributed by atoms with van der Waals surface area (Å²) in [6.45, 7) is 0.228. The molecule has 1 heterocycles. The highest BCUT2D eigenvalue weighted by atomic mass is 32.2. The third-order valence-electron chi connectivity index (χ3n) is 2.63. The van der Waals surface area contributed by atoms with Crippen LogP contribution < -0.4 is 5.69 Å². The van der Waals surface area contributed by atoms with Crippen molar-refractivity contribution in [3.05, 3.63) is 34.2 Å². The van der Waals surface area contributed by atoms with Crippen molar-refractivity contribution >= 4 is 27.8 Å². The van der Waals surface area contributed by atoms with Crippen LogP contribution in [0.15, 0.2) is 23.0 Å². The molecule has 96 valence electrons. The summed E-state index contributed by atoms with van der Waals surface area (Å²) in [7, 11) is -1.04. The van der Waals surface area contributed by atoms with Gasteiger partial charge in [-0.1, -0.05) is 6.07 Å². The molecule has 0 spiro atoms. The molecule has 0 aliphatic rings. The summed E-state index contributed by atoms with van der Waals surface area (Å²) in [6.07, 6.45) is 1.54. The first kappa shape index (κ1) is 12.6. The van der Waals surface area contributed by atoms with Crippen LogP contribution >= 0.6 is 0 Å². The van der Waals surface area contributed by atoms with Crippen molar-refractivity contribution in [2.75, 3.05) is 12.0 Å². The summed E-state index contributed by atoms with van der Waals surface area (Å²) in [5.74, 6) is -0.785. The minimum Gasteiger partial charge on any atom is -0.478 e. The van der Waals surface area contributed by atoms with Gasteiger partial charge in [0.1, 0.15) is 0 Å². The molecule has 0 radical (unpaired) electrons. The van der Waals surface area contributed by atoms with Crippen LogP contribution in [0.3, 0.4) is 0 Å². The Morgan fingerprint density at radius 1 is 1.50 bits per heavy atom. The second kappa shape index (κ2) is 4.77. The highest BCUT2D eigenvalue weighted by Crippen LogP contribution is 2.15. The van der Waals surface area contributed by atoms with Gasteiger partial charge >= 0.3 is 11.7 Å². The fourth-order valence-electron chi connectivity index (χ4n) is 1.83. The quantitative estimate of drug-likeness (QED) is 0.839. The molecule has 1 aromatic carbocycles. The average molecular weight is 268 g/mol. The van der Waals surface area contributed by atoms with Gasteiger partial charge in [0.25, 0.3) is 0 Å². The van der Waals surface area contributed by atoms with Gasteiger partial charge in [0.15, 0.2) is 0 Å². The van der Waals surface area contributed by atoms with E-state index >= 15 is 0 Å². The summed E-state index contributed by atoms with van der Waals surface area (Å²) in [4.78, 5) is 25.5. The number of fused-ring (bicyclic) bond motifs is 1. The van der Waals surface area contributed by atoms with Crippen molar-refractivity contribution in [2.24, 2.45) is 0 Å². The molecule has 0 bridgehead atoms. The lowest BCUT2D eigenvalue weighted by molar-refractivity contribution is 0.0698. The zero-order valence-corrected chi connectivity index (χ0v) is 10.5. The highest BCUT2D eigenvalue weighted by Gasteiger charge is 2.15. The number of imidazole rings is 1. The standard InChI is InChI=1S/C11H12N2O4S/c1-18(17)6-5-13-9-7(10(14)15)3-2-4-8(9)12-11(13)16/h2-4H,5-6H2,1H3,(H,12,16)(H,14,15). The number of aromatic carboxylic acids is 1. The van der Waals surface area contributed by atoms with Crippen molar-refractivity contribution in [1.29, 1.82) is 0 Å². The molecule has 6 nitrogen and oxygen atoms in total. The van der Waals surface area contributed by atoms with Gasteiger partial charge in [-0.05, 0) is 12.1 Å². The summed E-state index contributed by atoms with van der Waals surface area (Å²) in [5, 5.41) is 9.10. The molecule has 0 saturated carbocycles. The van der Waals surface area contributed by atoms with E-state index in [-0.39, 0.29) is 17.8 Å². The number of para-hydroxylation sites is 1. The Morgan fingerprint density at radius 3 is 2.83 bits per heavy atom. The van der Waals surface area contributed by atoms with E-state index in [0.29, 0.717) is 16.8 Å². The maximum atomic E-state index is 11.7. The molecule has 0 aliphatic heterocycles. The third-order valence-corrected chi connectivity index (χ3v) is 3.38. The van der Waals surface area contributed by atoms with Crippen LogP contribution in [-0.2, 0) is 17.3 Å². The molecule has 2 N–H and O–H groups in total. The Hall–Kier alpha value is -1.89. The van der Waals surface area contributed by atoms with E-state index in [1.54, 1.807) is 12.1 Å². The zero-order valence-electron chi connectivity index (χ0n) is 9.67. The number of rotatable bonds is 4. The molecular formula is C11H12N2O4S. The topological polar surface area (TPSA) is 92.2 Å². The largest absolute Gasteiger partial charge is 0.478 e. The first-order valence-corrected chi connectivity index (χ1v) is 6.98. The Balaban J connectivity index is 2.64. The number of hydrogen-bond donors (Lipinski definition) is 2. The van der Waals surface area contributed by atoms with E-state index in [1.807, 2.05) is 0 Å². The van der Waals surface area contributed by atoms with E-state index in [9.17, 15) is 13.8 Å². The van der Waals surface area contributed by atoms with Crippen molar-refractivity contribution in [3.8, 4) is 0 Å². The number of benzene rings is 1. The maximum absolute atomic E-state index is 11.7.